The molecule has 22 heavy (non-hydrogen) atoms. The third-order valence-corrected chi connectivity index (χ3v) is 3.04. The van der Waals surface area contributed by atoms with Crippen molar-refractivity contribution in [2.45, 2.75) is 26.9 Å². The summed E-state index contributed by atoms with van der Waals surface area (Å²) in [5.41, 5.74) is 0.852. The zero-order valence-electron chi connectivity index (χ0n) is 12.4. The molecule has 0 aromatic heterocycles. The van der Waals surface area contributed by atoms with E-state index in [-0.39, 0.29) is 17.5 Å². The highest BCUT2D eigenvalue weighted by atomic mass is 19.2. The first-order valence-corrected chi connectivity index (χ1v) is 6.76. The minimum absolute atomic E-state index is 0.121. The highest BCUT2D eigenvalue weighted by Crippen LogP contribution is 2.29. The molecule has 2 rings (SSSR count). The number of Topliss-reactive ketones (excluding diaryl/α,β-unsaturated/α-hetero) is 1. The minimum Gasteiger partial charge on any atom is -0.490 e. The second-order valence-electron chi connectivity index (χ2n) is 5.19. The maximum atomic E-state index is 13.3. The van der Waals surface area contributed by atoms with Gasteiger partial charge in [-0.05, 0) is 56.2 Å². The Labute approximate surface area is 126 Å². The van der Waals surface area contributed by atoms with Gasteiger partial charge in [-0.15, -0.1) is 0 Å². The van der Waals surface area contributed by atoms with E-state index in [0.717, 1.165) is 12.1 Å². The SMILES string of the molecule is CC(=O)c1cc(-c2cc(F)c(F)c(F)c2)ccc1OC(C)C. The van der Waals surface area contributed by atoms with Crippen LogP contribution in [0.3, 0.4) is 0 Å². The van der Waals surface area contributed by atoms with E-state index >= 15 is 0 Å². The van der Waals surface area contributed by atoms with Gasteiger partial charge in [0.15, 0.2) is 23.2 Å². The first-order chi connectivity index (χ1) is 10.3. The summed E-state index contributed by atoms with van der Waals surface area (Å²) in [5, 5.41) is 0. The molecule has 0 bridgehead atoms. The van der Waals surface area contributed by atoms with Crippen LogP contribution in [0.4, 0.5) is 13.2 Å². The van der Waals surface area contributed by atoms with Crippen molar-refractivity contribution in [2.24, 2.45) is 0 Å². The molecule has 116 valence electrons. The van der Waals surface area contributed by atoms with Crippen LogP contribution in [0.1, 0.15) is 31.1 Å². The Bertz CT molecular complexity index is 701. The third kappa shape index (κ3) is 3.30. The maximum Gasteiger partial charge on any atom is 0.194 e. The van der Waals surface area contributed by atoms with Crippen LogP contribution in [0.5, 0.6) is 5.75 Å². The van der Waals surface area contributed by atoms with Crippen LogP contribution in [0, 0.1) is 17.5 Å². The van der Waals surface area contributed by atoms with Crippen molar-refractivity contribution in [3.8, 4) is 16.9 Å². The van der Waals surface area contributed by atoms with Gasteiger partial charge in [0.05, 0.1) is 11.7 Å². The molecule has 0 amide bonds. The first kappa shape index (κ1) is 16.1. The van der Waals surface area contributed by atoms with E-state index < -0.39 is 17.5 Å². The van der Waals surface area contributed by atoms with Gasteiger partial charge in [-0.3, -0.25) is 4.79 Å². The van der Waals surface area contributed by atoms with Crippen LogP contribution in [0.15, 0.2) is 30.3 Å². The van der Waals surface area contributed by atoms with Crippen LogP contribution in [-0.4, -0.2) is 11.9 Å². The molecule has 0 heterocycles. The molecule has 0 fully saturated rings. The molecular formula is C17H15F3O2. The second kappa shape index (κ2) is 6.22. The van der Waals surface area contributed by atoms with Crippen LogP contribution in [0.25, 0.3) is 11.1 Å². The van der Waals surface area contributed by atoms with Gasteiger partial charge in [-0.2, -0.15) is 0 Å². The van der Waals surface area contributed by atoms with E-state index in [9.17, 15) is 18.0 Å². The summed E-state index contributed by atoms with van der Waals surface area (Å²) in [7, 11) is 0. The molecule has 2 aromatic carbocycles. The molecule has 0 aliphatic heterocycles. The van der Waals surface area contributed by atoms with E-state index in [2.05, 4.69) is 0 Å². The van der Waals surface area contributed by atoms with Gasteiger partial charge in [0, 0.05) is 0 Å². The van der Waals surface area contributed by atoms with Crippen LogP contribution in [-0.2, 0) is 0 Å². The molecule has 0 atom stereocenters. The van der Waals surface area contributed by atoms with Gasteiger partial charge in [0.25, 0.3) is 0 Å². The Morgan fingerprint density at radius 1 is 1.00 bits per heavy atom. The first-order valence-electron chi connectivity index (χ1n) is 6.76. The monoisotopic (exact) mass is 308 g/mol. The summed E-state index contributed by atoms with van der Waals surface area (Å²) < 4.78 is 45.2. The van der Waals surface area contributed by atoms with Crippen molar-refractivity contribution < 1.29 is 22.7 Å². The van der Waals surface area contributed by atoms with Crippen molar-refractivity contribution in [1.29, 1.82) is 0 Å². The number of rotatable bonds is 4. The summed E-state index contributed by atoms with van der Waals surface area (Å²) in [4.78, 5) is 11.7. The van der Waals surface area contributed by atoms with Gasteiger partial charge < -0.3 is 4.74 Å². The summed E-state index contributed by atoms with van der Waals surface area (Å²) in [5.74, 6) is -3.91. The highest BCUT2D eigenvalue weighted by molar-refractivity contribution is 5.98. The van der Waals surface area contributed by atoms with Gasteiger partial charge in [0.1, 0.15) is 5.75 Å². The summed E-state index contributed by atoms with van der Waals surface area (Å²) in [6, 6.07) is 6.38. The third-order valence-electron chi connectivity index (χ3n) is 3.04. The maximum absolute atomic E-state index is 13.3. The van der Waals surface area contributed by atoms with Crippen molar-refractivity contribution in [3.63, 3.8) is 0 Å². The largest absolute Gasteiger partial charge is 0.490 e. The Morgan fingerprint density at radius 3 is 2.09 bits per heavy atom. The molecule has 2 aromatic rings. The number of benzene rings is 2. The standard InChI is InChI=1S/C17H15F3O2/c1-9(2)22-16-5-4-11(6-13(16)10(3)21)12-7-14(18)17(20)15(19)8-12/h4-9H,1-3H3. The highest BCUT2D eigenvalue weighted by Gasteiger charge is 2.15. The number of halogens is 3. The molecular weight excluding hydrogens is 293 g/mol. The lowest BCUT2D eigenvalue weighted by Crippen LogP contribution is -2.09. The number of ketones is 1. The normalized spacial score (nSPS) is 10.9. The fourth-order valence-electron chi connectivity index (χ4n) is 2.06. The van der Waals surface area contributed by atoms with Gasteiger partial charge in [0.2, 0.25) is 0 Å². The molecule has 0 N–H and O–H groups in total. The van der Waals surface area contributed by atoms with Crippen LogP contribution < -0.4 is 4.74 Å². The van der Waals surface area contributed by atoms with Crippen molar-refractivity contribution >= 4 is 5.78 Å². The fraction of sp³-hybridized carbons (Fsp3) is 0.235. The Kier molecular flexibility index (Phi) is 4.54. The average molecular weight is 308 g/mol. The average Bonchev–Trinajstić information content (AvgIpc) is 2.43. The fourth-order valence-corrected chi connectivity index (χ4v) is 2.06. The topological polar surface area (TPSA) is 26.3 Å². The predicted molar refractivity (Wildman–Crippen MR) is 77.5 cm³/mol. The Balaban J connectivity index is 2.53. The van der Waals surface area contributed by atoms with Crippen molar-refractivity contribution in [3.05, 3.63) is 53.3 Å². The lowest BCUT2D eigenvalue weighted by molar-refractivity contribution is 0.101. The smallest absolute Gasteiger partial charge is 0.194 e. The molecule has 0 radical (unpaired) electrons. The number of hydrogen-bond acceptors (Lipinski definition) is 2. The number of ether oxygens (including phenoxy) is 1. The number of carbonyl (C=O) groups is 1. The summed E-state index contributed by atoms with van der Waals surface area (Å²) >= 11 is 0. The zero-order chi connectivity index (χ0) is 16.4. The number of carbonyl (C=O) groups excluding carboxylic acids is 1. The predicted octanol–water partition coefficient (Wildman–Crippen LogP) is 4.76. The second-order valence-corrected chi connectivity index (χ2v) is 5.19. The molecule has 0 saturated carbocycles. The van der Waals surface area contributed by atoms with E-state index in [0.29, 0.717) is 16.9 Å². The quantitative estimate of drug-likeness (QED) is 0.601. The van der Waals surface area contributed by atoms with Crippen molar-refractivity contribution in [2.75, 3.05) is 0 Å². The zero-order valence-corrected chi connectivity index (χ0v) is 12.4. The molecule has 2 nitrogen and oxygen atoms in total. The minimum atomic E-state index is -1.52. The molecule has 0 spiro atoms. The van der Waals surface area contributed by atoms with Crippen LogP contribution in [0.2, 0.25) is 0 Å². The lowest BCUT2D eigenvalue weighted by atomic mass is 10.0. The molecule has 0 aliphatic rings. The Hall–Kier alpha value is -2.30. The molecule has 5 heteroatoms. The van der Waals surface area contributed by atoms with Crippen molar-refractivity contribution in [1.82, 2.24) is 0 Å². The molecule has 0 unspecified atom stereocenters. The van der Waals surface area contributed by atoms with Gasteiger partial charge in [-0.1, -0.05) is 6.07 Å². The van der Waals surface area contributed by atoms with Gasteiger partial charge >= 0.3 is 0 Å². The van der Waals surface area contributed by atoms with E-state index in [4.69, 9.17) is 4.74 Å². The van der Waals surface area contributed by atoms with Crippen LogP contribution >= 0.6 is 0 Å². The molecule has 0 saturated heterocycles. The van der Waals surface area contributed by atoms with E-state index in [1.165, 1.54) is 13.0 Å². The summed E-state index contributed by atoms with van der Waals surface area (Å²) in [6.07, 6.45) is -0.121. The molecule has 0 aliphatic carbocycles. The van der Waals surface area contributed by atoms with E-state index in [1.807, 2.05) is 13.8 Å². The lowest BCUT2D eigenvalue weighted by Gasteiger charge is -2.14. The number of hydrogen-bond donors (Lipinski definition) is 0. The Morgan fingerprint density at radius 2 is 1.59 bits per heavy atom. The van der Waals surface area contributed by atoms with Gasteiger partial charge in [-0.25, -0.2) is 13.2 Å². The summed E-state index contributed by atoms with van der Waals surface area (Å²) in [6.45, 7) is 5.02. The van der Waals surface area contributed by atoms with E-state index in [1.54, 1.807) is 12.1 Å².